The standard InChI is InChI=1S/C12H16F3NO/c1-2-11(12(13,14)15)17-10(8-16)9-6-4-3-5-7-9/h2,9-10H,3-7H2,1H3. The summed E-state index contributed by atoms with van der Waals surface area (Å²) in [5.41, 5.74) is 0. The van der Waals surface area contributed by atoms with E-state index in [0.29, 0.717) is 0 Å². The summed E-state index contributed by atoms with van der Waals surface area (Å²) >= 11 is 0. The first-order valence-corrected chi connectivity index (χ1v) is 5.78. The van der Waals surface area contributed by atoms with Crippen LogP contribution in [0.3, 0.4) is 0 Å². The van der Waals surface area contributed by atoms with E-state index < -0.39 is 18.0 Å². The molecule has 0 aliphatic heterocycles. The van der Waals surface area contributed by atoms with Crippen molar-refractivity contribution in [3.63, 3.8) is 0 Å². The molecule has 0 N–H and O–H groups in total. The van der Waals surface area contributed by atoms with Gasteiger partial charge < -0.3 is 4.74 Å². The summed E-state index contributed by atoms with van der Waals surface area (Å²) in [5.74, 6) is -1.14. The molecule has 96 valence electrons. The van der Waals surface area contributed by atoms with Crippen molar-refractivity contribution in [3.8, 4) is 6.07 Å². The summed E-state index contributed by atoms with van der Waals surface area (Å²) in [6.45, 7) is 1.26. The fourth-order valence-electron chi connectivity index (χ4n) is 2.10. The lowest BCUT2D eigenvalue weighted by Crippen LogP contribution is -2.28. The summed E-state index contributed by atoms with van der Waals surface area (Å²) < 4.78 is 42.3. The zero-order valence-electron chi connectivity index (χ0n) is 9.76. The summed E-state index contributed by atoms with van der Waals surface area (Å²) in [4.78, 5) is 0. The number of halogens is 3. The molecule has 0 amide bonds. The number of rotatable bonds is 3. The van der Waals surface area contributed by atoms with Gasteiger partial charge in [-0.05, 0) is 25.8 Å². The van der Waals surface area contributed by atoms with E-state index in [-0.39, 0.29) is 5.92 Å². The lowest BCUT2D eigenvalue weighted by atomic mass is 9.85. The van der Waals surface area contributed by atoms with Crippen LogP contribution in [0.15, 0.2) is 11.8 Å². The van der Waals surface area contributed by atoms with E-state index in [1.165, 1.54) is 6.92 Å². The van der Waals surface area contributed by atoms with Gasteiger partial charge in [0, 0.05) is 5.92 Å². The molecular weight excluding hydrogens is 231 g/mol. The number of hydrogen-bond acceptors (Lipinski definition) is 2. The van der Waals surface area contributed by atoms with Crippen LogP contribution in [0, 0.1) is 17.2 Å². The Kier molecular flexibility index (Phi) is 4.86. The van der Waals surface area contributed by atoms with Crippen molar-refractivity contribution in [2.45, 2.75) is 51.3 Å². The van der Waals surface area contributed by atoms with E-state index >= 15 is 0 Å². The lowest BCUT2D eigenvalue weighted by Gasteiger charge is -2.27. The van der Waals surface area contributed by atoms with Crippen molar-refractivity contribution in [3.05, 3.63) is 11.8 Å². The predicted molar refractivity (Wildman–Crippen MR) is 56.9 cm³/mol. The van der Waals surface area contributed by atoms with Crippen molar-refractivity contribution in [1.29, 1.82) is 5.26 Å². The first-order chi connectivity index (χ1) is 7.99. The molecule has 1 rings (SSSR count). The Morgan fingerprint density at radius 2 is 1.94 bits per heavy atom. The van der Waals surface area contributed by atoms with Crippen molar-refractivity contribution >= 4 is 0 Å². The lowest BCUT2D eigenvalue weighted by molar-refractivity contribution is -0.140. The first kappa shape index (κ1) is 13.9. The van der Waals surface area contributed by atoms with Crippen molar-refractivity contribution in [2.75, 3.05) is 0 Å². The number of ether oxygens (including phenoxy) is 1. The summed E-state index contributed by atoms with van der Waals surface area (Å²) in [5, 5.41) is 8.92. The Bertz CT molecular complexity index is 311. The van der Waals surface area contributed by atoms with Gasteiger partial charge in [-0.25, -0.2) is 0 Å². The Hall–Kier alpha value is -1.18. The van der Waals surface area contributed by atoms with Gasteiger partial charge in [0.15, 0.2) is 11.9 Å². The molecule has 1 unspecified atom stereocenters. The zero-order chi connectivity index (χ0) is 12.9. The van der Waals surface area contributed by atoms with Crippen LogP contribution in [0.1, 0.15) is 39.0 Å². The molecule has 0 heterocycles. The molecule has 0 radical (unpaired) electrons. The SMILES string of the molecule is CC=C(OC(C#N)C1CCCCC1)C(F)(F)F. The van der Waals surface area contributed by atoms with Crippen LogP contribution in [0.2, 0.25) is 0 Å². The monoisotopic (exact) mass is 247 g/mol. The number of nitriles is 1. The smallest absolute Gasteiger partial charge is 0.448 e. The maximum atomic E-state index is 12.5. The van der Waals surface area contributed by atoms with E-state index in [1.807, 2.05) is 6.07 Å². The highest BCUT2D eigenvalue weighted by Crippen LogP contribution is 2.33. The van der Waals surface area contributed by atoms with E-state index in [9.17, 15) is 13.2 Å². The maximum absolute atomic E-state index is 12.5. The van der Waals surface area contributed by atoms with Crippen LogP contribution in [-0.2, 0) is 4.74 Å². The summed E-state index contributed by atoms with van der Waals surface area (Å²) in [6, 6.07) is 1.85. The van der Waals surface area contributed by atoms with Gasteiger partial charge in [-0.1, -0.05) is 19.3 Å². The van der Waals surface area contributed by atoms with Gasteiger partial charge in [0.2, 0.25) is 0 Å². The van der Waals surface area contributed by atoms with Gasteiger partial charge in [-0.3, -0.25) is 0 Å². The summed E-state index contributed by atoms with van der Waals surface area (Å²) in [6.07, 6.45) is -0.0774. The van der Waals surface area contributed by atoms with Crippen molar-refractivity contribution < 1.29 is 17.9 Å². The minimum Gasteiger partial charge on any atom is -0.470 e. The molecule has 0 saturated heterocycles. The quantitative estimate of drug-likeness (QED) is 0.707. The van der Waals surface area contributed by atoms with Crippen LogP contribution in [0.5, 0.6) is 0 Å². The number of allylic oxidation sites excluding steroid dienone is 2. The van der Waals surface area contributed by atoms with E-state index in [1.54, 1.807) is 0 Å². The molecule has 0 aromatic heterocycles. The third-order valence-corrected chi connectivity index (χ3v) is 3.00. The number of nitrogens with zero attached hydrogens (tertiary/aromatic N) is 1. The van der Waals surface area contributed by atoms with Gasteiger partial charge in [-0.15, -0.1) is 0 Å². The third kappa shape index (κ3) is 3.95. The molecule has 1 aliphatic carbocycles. The first-order valence-electron chi connectivity index (χ1n) is 5.78. The highest BCUT2D eigenvalue weighted by atomic mass is 19.4. The van der Waals surface area contributed by atoms with Gasteiger partial charge in [0.05, 0.1) is 0 Å². The Labute approximate surface area is 99.1 Å². The topological polar surface area (TPSA) is 33.0 Å². The molecule has 2 nitrogen and oxygen atoms in total. The van der Waals surface area contributed by atoms with Gasteiger partial charge in [0.1, 0.15) is 6.07 Å². The Morgan fingerprint density at radius 1 is 1.35 bits per heavy atom. The average molecular weight is 247 g/mol. The van der Waals surface area contributed by atoms with Crippen LogP contribution >= 0.6 is 0 Å². The minimum atomic E-state index is -4.52. The largest absolute Gasteiger partial charge is 0.470 e. The highest BCUT2D eigenvalue weighted by molar-refractivity contribution is 5.03. The summed E-state index contributed by atoms with van der Waals surface area (Å²) in [7, 11) is 0. The Balaban J connectivity index is 2.66. The van der Waals surface area contributed by atoms with Crippen molar-refractivity contribution in [1.82, 2.24) is 0 Å². The number of hydrogen-bond donors (Lipinski definition) is 0. The second-order valence-corrected chi connectivity index (χ2v) is 4.22. The zero-order valence-corrected chi connectivity index (χ0v) is 9.76. The Morgan fingerprint density at radius 3 is 2.35 bits per heavy atom. The van der Waals surface area contributed by atoms with Gasteiger partial charge >= 0.3 is 6.18 Å². The minimum absolute atomic E-state index is 0.0777. The molecule has 17 heavy (non-hydrogen) atoms. The molecule has 5 heteroatoms. The van der Waals surface area contributed by atoms with E-state index in [2.05, 4.69) is 0 Å². The molecule has 1 fully saturated rings. The van der Waals surface area contributed by atoms with Gasteiger partial charge in [0.25, 0.3) is 0 Å². The molecule has 1 saturated carbocycles. The molecule has 0 spiro atoms. The number of alkyl halides is 3. The molecule has 1 atom stereocenters. The van der Waals surface area contributed by atoms with Gasteiger partial charge in [-0.2, -0.15) is 18.4 Å². The van der Waals surface area contributed by atoms with E-state index in [4.69, 9.17) is 10.00 Å². The highest BCUT2D eigenvalue weighted by Gasteiger charge is 2.38. The fraction of sp³-hybridized carbons (Fsp3) is 0.750. The van der Waals surface area contributed by atoms with Crippen LogP contribution in [0.25, 0.3) is 0 Å². The molecule has 0 aromatic carbocycles. The molecular formula is C12H16F3NO. The van der Waals surface area contributed by atoms with Crippen LogP contribution in [-0.4, -0.2) is 12.3 Å². The van der Waals surface area contributed by atoms with Crippen molar-refractivity contribution in [2.24, 2.45) is 5.92 Å². The molecule has 0 aromatic rings. The normalized spacial score (nSPS) is 20.8. The second-order valence-electron chi connectivity index (χ2n) is 4.22. The molecule has 1 aliphatic rings. The fourth-order valence-corrected chi connectivity index (χ4v) is 2.10. The maximum Gasteiger partial charge on any atom is 0.448 e. The third-order valence-electron chi connectivity index (χ3n) is 3.00. The molecule has 0 bridgehead atoms. The van der Waals surface area contributed by atoms with E-state index in [0.717, 1.165) is 38.2 Å². The average Bonchev–Trinajstić information content (AvgIpc) is 2.30. The van der Waals surface area contributed by atoms with Crippen LogP contribution in [0.4, 0.5) is 13.2 Å². The predicted octanol–water partition coefficient (Wildman–Crippen LogP) is 3.94. The van der Waals surface area contributed by atoms with Crippen LogP contribution < -0.4 is 0 Å². The second kappa shape index (κ2) is 5.95.